The number of nitrogens with one attached hydrogen (secondary N) is 3. The van der Waals surface area contributed by atoms with Gasteiger partial charge in [0.15, 0.2) is 0 Å². The van der Waals surface area contributed by atoms with Crippen LogP contribution < -0.4 is 16.0 Å². The molecule has 0 radical (unpaired) electrons. The highest BCUT2D eigenvalue weighted by Gasteiger charge is 2.30. The van der Waals surface area contributed by atoms with Gasteiger partial charge in [-0.3, -0.25) is 9.59 Å². The molecule has 2 rings (SSSR count). The maximum Gasteiger partial charge on any atom is 0.408 e. The minimum absolute atomic E-state index is 0.00107. The standard InChI is InChI=1S/C24H34ClN3O6/c1-26-21(29)12-11-19(23(31)33-2)27-22(30)20(14-16-7-4-3-5-8-16)28-24(32)34-15-17-9-6-10-18(25)13-17/h6,9-10,13,16,19-20H,3-5,7-8,11-12,14-15H2,1-2H3,(H,26,29)(H,27,30)(H,28,32)/t19?,20-/m0/s1. The predicted octanol–water partition coefficient (Wildman–Crippen LogP) is 3.09. The van der Waals surface area contributed by atoms with Gasteiger partial charge in [0.2, 0.25) is 11.8 Å². The minimum Gasteiger partial charge on any atom is -0.467 e. The number of halogens is 1. The van der Waals surface area contributed by atoms with Crippen LogP contribution in [-0.4, -0.2) is 50.1 Å². The Morgan fingerprint density at radius 1 is 1.09 bits per heavy atom. The summed E-state index contributed by atoms with van der Waals surface area (Å²) in [5.74, 6) is -1.15. The molecule has 34 heavy (non-hydrogen) atoms. The number of methoxy groups -OCH3 is 1. The van der Waals surface area contributed by atoms with Crippen molar-refractivity contribution < 1.29 is 28.7 Å². The van der Waals surface area contributed by atoms with Gasteiger partial charge in [-0.15, -0.1) is 0 Å². The average Bonchev–Trinajstić information content (AvgIpc) is 2.84. The molecule has 9 nitrogen and oxygen atoms in total. The molecule has 1 aromatic carbocycles. The van der Waals surface area contributed by atoms with E-state index in [0.717, 1.165) is 37.7 Å². The predicted molar refractivity (Wildman–Crippen MR) is 127 cm³/mol. The lowest BCUT2D eigenvalue weighted by Gasteiger charge is -2.27. The first-order valence-corrected chi connectivity index (χ1v) is 12.0. The van der Waals surface area contributed by atoms with Crippen molar-refractivity contribution in [1.29, 1.82) is 0 Å². The van der Waals surface area contributed by atoms with Crippen LogP contribution in [0.1, 0.15) is 56.9 Å². The monoisotopic (exact) mass is 495 g/mol. The summed E-state index contributed by atoms with van der Waals surface area (Å²) in [6, 6.07) is 5.05. The first-order chi connectivity index (χ1) is 16.3. The van der Waals surface area contributed by atoms with Gasteiger partial charge in [0.25, 0.3) is 0 Å². The second-order valence-electron chi connectivity index (χ2n) is 8.44. The number of hydrogen-bond donors (Lipinski definition) is 3. The maximum atomic E-state index is 13.1. The molecule has 0 saturated heterocycles. The van der Waals surface area contributed by atoms with Gasteiger partial charge < -0.3 is 25.4 Å². The number of benzene rings is 1. The second-order valence-corrected chi connectivity index (χ2v) is 8.88. The molecular weight excluding hydrogens is 462 g/mol. The molecule has 10 heteroatoms. The number of alkyl carbamates (subject to hydrolysis) is 1. The fraction of sp³-hybridized carbons (Fsp3) is 0.583. The van der Waals surface area contributed by atoms with Crippen molar-refractivity contribution in [3.63, 3.8) is 0 Å². The Morgan fingerprint density at radius 3 is 2.47 bits per heavy atom. The molecule has 1 aliphatic rings. The van der Waals surface area contributed by atoms with Gasteiger partial charge in [0.05, 0.1) is 7.11 Å². The van der Waals surface area contributed by atoms with Crippen LogP contribution in [0.25, 0.3) is 0 Å². The third kappa shape index (κ3) is 9.59. The summed E-state index contributed by atoms with van der Waals surface area (Å²) in [6.07, 6.45) is 5.07. The van der Waals surface area contributed by atoms with E-state index in [1.807, 2.05) is 0 Å². The van der Waals surface area contributed by atoms with Crippen molar-refractivity contribution in [2.24, 2.45) is 5.92 Å². The molecule has 1 saturated carbocycles. The van der Waals surface area contributed by atoms with E-state index < -0.39 is 30.1 Å². The highest BCUT2D eigenvalue weighted by molar-refractivity contribution is 6.30. The van der Waals surface area contributed by atoms with E-state index in [1.165, 1.54) is 14.2 Å². The van der Waals surface area contributed by atoms with Gasteiger partial charge in [-0.2, -0.15) is 0 Å². The average molecular weight is 496 g/mol. The first-order valence-electron chi connectivity index (χ1n) is 11.6. The Bertz CT molecular complexity index is 844. The second kappa shape index (κ2) is 14.5. The van der Waals surface area contributed by atoms with Crippen LogP contribution >= 0.6 is 11.6 Å². The molecule has 0 aliphatic heterocycles. The Morgan fingerprint density at radius 2 is 1.82 bits per heavy atom. The van der Waals surface area contributed by atoms with Gasteiger partial charge >= 0.3 is 12.1 Å². The molecule has 1 aliphatic carbocycles. The van der Waals surface area contributed by atoms with Crippen LogP contribution in [-0.2, 0) is 30.5 Å². The molecule has 188 valence electrons. The van der Waals surface area contributed by atoms with Crippen LogP contribution in [0.15, 0.2) is 24.3 Å². The highest BCUT2D eigenvalue weighted by Crippen LogP contribution is 2.27. The van der Waals surface area contributed by atoms with Gasteiger partial charge in [0, 0.05) is 18.5 Å². The Kier molecular flexibility index (Phi) is 11.7. The number of rotatable bonds is 11. The van der Waals surface area contributed by atoms with E-state index in [4.69, 9.17) is 21.1 Å². The molecular formula is C24H34ClN3O6. The molecule has 0 bridgehead atoms. The van der Waals surface area contributed by atoms with E-state index in [0.29, 0.717) is 11.4 Å². The Labute approximate surface area is 205 Å². The molecule has 1 aromatic rings. The van der Waals surface area contributed by atoms with E-state index in [2.05, 4.69) is 16.0 Å². The molecule has 3 amide bonds. The first kappa shape index (κ1) is 27.4. The van der Waals surface area contributed by atoms with Gasteiger partial charge in [-0.25, -0.2) is 9.59 Å². The third-order valence-corrected chi connectivity index (χ3v) is 6.14. The van der Waals surface area contributed by atoms with E-state index in [9.17, 15) is 19.2 Å². The topological polar surface area (TPSA) is 123 Å². The van der Waals surface area contributed by atoms with Crippen LogP contribution in [0, 0.1) is 5.92 Å². The lowest BCUT2D eigenvalue weighted by molar-refractivity contribution is -0.145. The molecule has 0 aromatic heterocycles. The number of carbonyl (C=O) groups excluding carboxylic acids is 4. The smallest absolute Gasteiger partial charge is 0.408 e. The zero-order valence-corrected chi connectivity index (χ0v) is 20.5. The van der Waals surface area contributed by atoms with Crippen LogP contribution in [0.5, 0.6) is 0 Å². The minimum atomic E-state index is -1.01. The van der Waals surface area contributed by atoms with Crippen molar-refractivity contribution >= 4 is 35.5 Å². The highest BCUT2D eigenvalue weighted by atomic mass is 35.5. The normalized spacial score (nSPS) is 15.5. The summed E-state index contributed by atoms with van der Waals surface area (Å²) in [5.41, 5.74) is 0.718. The zero-order chi connectivity index (χ0) is 24.9. The Hall–Kier alpha value is -2.81. The van der Waals surface area contributed by atoms with Crippen molar-refractivity contribution in [2.45, 2.75) is 70.1 Å². The lowest BCUT2D eigenvalue weighted by Crippen LogP contribution is -2.52. The van der Waals surface area contributed by atoms with E-state index in [1.54, 1.807) is 24.3 Å². The van der Waals surface area contributed by atoms with Crippen molar-refractivity contribution in [3.8, 4) is 0 Å². The molecule has 1 unspecified atom stereocenters. The van der Waals surface area contributed by atoms with Crippen LogP contribution in [0.3, 0.4) is 0 Å². The third-order valence-electron chi connectivity index (χ3n) is 5.90. The quantitative estimate of drug-likeness (QED) is 0.405. The van der Waals surface area contributed by atoms with Crippen LogP contribution in [0.4, 0.5) is 4.79 Å². The fourth-order valence-electron chi connectivity index (χ4n) is 4.01. The maximum absolute atomic E-state index is 13.1. The largest absolute Gasteiger partial charge is 0.467 e. The number of amides is 3. The molecule has 3 N–H and O–H groups in total. The van der Waals surface area contributed by atoms with Gasteiger partial charge in [0.1, 0.15) is 18.7 Å². The summed E-state index contributed by atoms with van der Waals surface area (Å²) in [6.45, 7) is 0.00107. The number of hydrogen-bond acceptors (Lipinski definition) is 6. The Balaban J connectivity index is 2.04. The van der Waals surface area contributed by atoms with Crippen LogP contribution in [0.2, 0.25) is 5.02 Å². The lowest BCUT2D eigenvalue weighted by atomic mass is 9.84. The van der Waals surface area contributed by atoms with Crippen molar-refractivity contribution in [3.05, 3.63) is 34.9 Å². The summed E-state index contributed by atoms with van der Waals surface area (Å²) >= 11 is 5.96. The molecule has 0 heterocycles. The van der Waals surface area contributed by atoms with Gasteiger partial charge in [-0.1, -0.05) is 55.8 Å². The summed E-state index contributed by atoms with van der Waals surface area (Å²) in [7, 11) is 2.71. The summed E-state index contributed by atoms with van der Waals surface area (Å²) in [4.78, 5) is 49.4. The van der Waals surface area contributed by atoms with Gasteiger partial charge in [-0.05, 0) is 36.5 Å². The summed E-state index contributed by atoms with van der Waals surface area (Å²) < 4.78 is 10.1. The van der Waals surface area contributed by atoms with E-state index in [-0.39, 0.29) is 31.3 Å². The van der Waals surface area contributed by atoms with Crippen molar-refractivity contribution in [1.82, 2.24) is 16.0 Å². The zero-order valence-electron chi connectivity index (χ0n) is 19.7. The van der Waals surface area contributed by atoms with Crippen molar-refractivity contribution in [2.75, 3.05) is 14.2 Å². The number of ether oxygens (including phenoxy) is 2. The fourth-order valence-corrected chi connectivity index (χ4v) is 4.22. The summed E-state index contributed by atoms with van der Waals surface area (Å²) in [5, 5.41) is 8.30. The number of esters is 1. The number of carbonyl (C=O) groups is 4. The SMILES string of the molecule is CNC(=O)CCC(NC(=O)[C@H](CC1CCCCC1)NC(=O)OCc1cccc(Cl)c1)C(=O)OC. The molecule has 2 atom stereocenters. The molecule has 1 fully saturated rings. The van der Waals surface area contributed by atoms with E-state index >= 15 is 0 Å². The molecule has 0 spiro atoms.